The lowest BCUT2D eigenvalue weighted by molar-refractivity contribution is 0.0733. The maximum absolute atomic E-state index is 12.6. The van der Waals surface area contributed by atoms with Crippen molar-refractivity contribution in [2.45, 2.75) is 4.05 Å². The van der Waals surface area contributed by atoms with Crippen LogP contribution in [0.5, 0.6) is 0 Å². The summed E-state index contributed by atoms with van der Waals surface area (Å²) in [7, 11) is 0. The molecule has 3 rings (SSSR count). The van der Waals surface area contributed by atoms with Crippen molar-refractivity contribution in [3.8, 4) is 0 Å². The van der Waals surface area contributed by atoms with Crippen molar-refractivity contribution in [3.63, 3.8) is 0 Å². The molecular formula is C14H14IN3O. The molecule has 0 saturated carbocycles. The Balaban J connectivity index is 1.97. The van der Waals surface area contributed by atoms with Crippen LogP contribution in [0.3, 0.4) is 0 Å². The number of piperazine rings is 1. The molecule has 0 radical (unpaired) electrons. The van der Waals surface area contributed by atoms with Crippen LogP contribution in [0.1, 0.15) is 10.4 Å². The summed E-state index contributed by atoms with van der Waals surface area (Å²) in [5, 5.41) is 5.32. The van der Waals surface area contributed by atoms with Crippen molar-refractivity contribution in [3.05, 3.63) is 42.2 Å². The molecule has 1 aromatic heterocycles. The lowest BCUT2D eigenvalue weighted by Gasteiger charge is -2.31. The van der Waals surface area contributed by atoms with Gasteiger partial charge in [0.25, 0.3) is 5.91 Å². The Labute approximate surface area is 125 Å². The van der Waals surface area contributed by atoms with E-state index in [0.29, 0.717) is 4.05 Å². The molecule has 5 heteroatoms. The van der Waals surface area contributed by atoms with E-state index in [0.717, 1.165) is 36.0 Å². The second-order valence-electron chi connectivity index (χ2n) is 4.58. The third kappa shape index (κ3) is 2.57. The molecule has 1 aliphatic heterocycles. The van der Waals surface area contributed by atoms with Crippen LogP contribution in [0.25, 0.3) is 10.8 Å². The van der Waals surface area contributed by atoms with Crippen LogP contribution in [0.4, 0.5) is 0 Å². The number of carbonyl (C=O) groups is 1. The highest BCUT2D eigenvalue weighted by Crippen LogP contribution is 2.20. The van der Waals surface area contributed by atoms with Crippen LogP contribution in [-0.2, 0) is 0 Å². The van der Waals surface area contributed by atoms with E-state index in [-0.39, 0.29) is 5.91 Å². The van der Waals surface area contributed by atoms with Crippen LogP contribution in [0.2, 0.25) is 0 Å². The summed E-state index contributed by atoms with van der Waals surface area (Å²) in [5.74, 6) is 0.111. The van der Waals surface area contributed by atoms with Crippen molar-refractivity contribution in [2.75, 3.05) is 19.6 Å². The van der Waals surface area contributed by atoms with E-state index < -0.39 is 0 Å². The zero-order valence-corrected chi connectivity index (χ0v) is 12.5. The Morgan fingerprint density at radius 1 is 1.42 bits per heavy atom. The highest BCUT2D eigenvalue weighted by atomic mass is 127. The topological polar surface area (TPSA) is 45.2 Å². The van der Waals surface area contributed by atoms with Gasteiger partial charge in [-0.3, -0.25) is 9.78 Å². The second-order valence-corrected chi connectivity index (χ2v) is 6.08. The number of halogens is 1. The molecule has 2 heterocycles. The molecule has 1 N–H and O–H groups in total. The average molecular weight is 367 g/mol. The smallest absolute Gasteiger partial charge is 0.254 e. The number of nitrogens with one attached hydrogen (secondary N) is 1. The minimum atomic E-state index is 0.111. The molecule has 19 heavy (non-hydrogen) atoms. The fourth-order valence-corrected chi connectivity index (χ4v) is 3.16. The normalized spacial score (nSPS) is 19.6. The van der Waals surface area contributed by atoms with Crippen LogP contribution >= 0.6 is 22.6 Å². The maximum Gasteiger partial charge on any atom is 0.254 e. The lowest BCUT2D eigenvalue weighted by Crippen LogP contribution is -2.50. The Morgan fingerprint density at radius 2 is 2.32 bits per heavy atom. The first-order chi connectivity index (χ1) is 9.25. The third-order valence-corrected chi connectivity index (χ3v) is 4.16. The summed E-state index contributed by atoms with van der Waals surface area (Å²) in [4.78, 5) is 18.7. The van der Waals surface area contributed by atoms with Gasteiger partial charge in [-0.1, -0.05) is 34.7 Å². The van der Waals surface area contributed by atoms with Gasteiger partial charge >= 0.3 is 0 Å². The van der Waals surface area contributed by atoms with Crippen LogP contribution in [0, 0.1) is 0 Å². The molecule has 2 aromatic rings. The molecule has 1 amide bonds. The van der Waals surface area contributed by atoms with Gasteiger partial charge in [-0.2, -0.15) is 0 Å². The lowest BCUT2D eigenvalue weighted by atomic mass is 10.1. The molecule has 1 unspecified atom stereocenters. The van der Waals surface area contributed by atoms with Gasteiger partial charge in [-0.05, 0) is 17.5 Å². The van der Waals surface area contributed by atoms with Crippen LogP contribution < -0.4 is 5.32 Å². The number of aromatic nitrogens is 1. The van der Waals surface area contributed by atoms with Gasteiger partial charge < -0.3 is 10.2 Å². The number of alkyl halides is 1. The summed E-state index contributed by atoms with van der Waals surface area (Å²) >= 11 is 2.33. The standard InChI is InChI=1S/C14H14IN3O/c15-13-9-18(7-6-17-13)14(19)12-3-1-2-10-8-16-5-4-11(10)12/h1-5,8,13,17H,6-7,9H2. The van der Waals surface area contributed by atoms with Gasteiger partial charge in [-0.15, -0.1) is 0 Å². The number of hydrogen-bond acceptors (Lipinski definition) is 3. The second kappa shape index (κ2) is 5.42. The number of fused-ring (bicyclic) bond motifs is 1. The summed E-state index contributed by atoms with van der Waals surface area (Å²) in [6, 6.07) is 7.71. The number of carbonyl (C=O) groups excluding carboxylic acids is 1. The first kappa shape index (κ1) is 12.8. The Kier molecular flexibility index (Phi) is 3.65. The number of amides is 1. The molecule has 1 aromatic carbocycles. The molecule has 4 nitrogen and oxygen atoms in total. The monoisotopic (exact) mass is 367 g/mol. The molecule has 0 spiro atoms. The van der Waals surface area contributed by atoms with Crippen molar-refractivity contribution in [1.82, 2.24) is 15.2 Å². The quantitative estimate of drug-likeness (QED) is 0.477. The fourth-order valence-electron chi connectivity index (χ4n) is 2.37. The highest BCUT2D eigenvalue weighted by molar-refractivity contribution is 14.1. The molecule has 98 valence electrons. The van der Waals surface area contributed by atoms with Crippen molar-refractivity contribution in [2.24, 2.45) is 0 Å². The number of nitrogens with zero attached hydrogens (tertiary/aromatic N) is 2. The zero-order chi connectivity index (χ0) is 13.2. The summed E-state index contributed by atoms with van der Waals surface area (Å²) in [5.41, 5.74) is 0.769. The van der Waals surface area contributed by atoms with Gasteiger partial charge in [0, 0.05) is 43.0 Å². The third-order valence-electron chi connectivity index (χ3n) is 3.33. The zero-order valence-electron chi connectivity index (χ0n) is 10.3. The SMILES string of the molecule is O=C(c1cccc2cnccc12)N1CCNC(I)C1. The molecule has 1 atom stereocenters. The molecular weight excluding hydrogens is 353 g/mol. The Hall–Kier alpha value is -1.21. The van der Waals surface area contributed by atoms with Crippen LogP contribution in [-0.4, -0.2) is 39.5 Å². The molecule has 1 aliphatic rings. The van der Waals surface area contributed by atoms with E-state index >= 15 is 0 Å². The number of benzene rings is 1. The summed E-state index contributed by atoms with van der Waals surface area (Å²) < 4.78 is 0.326. The molecule has 0 bridgehead atoms. The minimum absolute atomic E-state index is 0.111. The van der Waals surface area contributed by atoms with Gasteiger partial charge in [0.05, 0.1) is 4.05 Å². The largest absolute Gasteiger partial charge is 0.335 e. The van der Waals surface area contributed by atoms with E-state index in [1.54, 1.807) is 12.4 Å². The van der Waals surface area contributed by atoms with Crippen molar-refractivity contribution >= 4 is 39.3 Å². The highest BCUT2D eigenvalue weighted by Gasteiger charge is 2.23. The summed E-state index contributed by atoms with van der Waals surface area (Å²) in [6.45, 7) is 2.37. The van der Waals surface area contributed by atoms with E-state index in [9.17, 15) is 4.79 Å². The number of hydrogen-bond donors (Lipinski definition) is 1. The van der Waals surface area contributed by atoms with Crippen molar-refractivity contribution in [1.29, 1.82) is 0 Å². The average Bonchev–Trinajstić information content (AvgIpc) is 2.46. The maximum atomic E-state index is 12.6. The predicted octanol–water partition coefficient (Wildman–Crippen LogP) is 2.04. The van der Waals surface area contributed by atoms with E-state index in [2.05, 4.69) is 32.9 Å². The number of rotatable bonds is 1. The minimum Gasteiger partial charge on any atom is -0.335 e. The van der Waals surface area contributed by atoms with Gasteiger partial charge in [0.2, 0.25) is 0 Å². The summed E-state index contributed by atoms with van der Waals surface area (Å²) in [6.07, 6.45) is 3.53. The molecule has 1 fully saturated rings. The first-order valence-electron chi connectivity index (χ1n) is 6.25. The Bertz CT molecular complexity index is 611. The predicted molar refractivity (Wildman–Crippen MR) is 83.5 cm³/mol. The number of pyridine rings is 1. The van der Waals surface area contributed by atoms with E-state index in [1.165, 1.54) is 0 Å². The van der Waals surface area contributed by atoms with Crippen LogP contribution in [0.15, 0.2) is 36.7 Å². The fraction of sp³-hybridized carbons (Fsp3) is 0.286. The molecule has 1 saturated heterocycles. The van der Waals surface area contributed by atoms with Crippen molar-refractivity contribution < 1.29 is 4.79 Å². The van der Waals surface area contributed by atoms with E-state index in [1.807, 2.05) is 29.2 Å². The van der Waals surface area contributed by atoms with E-state index in [4.69, 9.17) is 0 Å². The van der Waals surface area contributed by atoms with Gasteiger partial charge in [0.1, 0.15) is 0 Å². The molecule has 0 aliphatic carbocycles. The first-order valence-corrected chi connectivity index (χ1v) is 7.50. The van der Waals surface area contributed by atoms with Gasteiger partial charge in [-0.25, -0.2) is 0 Å². The van der Waals surface area contributed by atoms with Gasteiger partial charge in [0.15, 0.2) is 0 Å². The Morgan fingerprint density at radius 3 is 3.16 bits per heavy atom.